The monoisotopic (exact) mass is 302 g/mol. The number of hydrogen-bond acceptors (Lipinski definition) is 4. The Balaban J connectivity index is 2.18. The summed E-state index contributed by atoms with van der Waals surface area (Å²) in [5.41, 5.74) is -0.883. The van der Waals surface area contributed by atoms with Gasteiger partial charge in [-0.15, -0.1) is 11.3 Å². The predicted molar refractivity (Wildman–Crippen MR) is 67.6 cm³/mol. The number of alkyl halides is 3. The molecule has 0 aliphatic carbocycles. The first-order chi connectivity index (χ1) is 9.38. The van der Waals surface area contributed by atoms with Gasteiger partial charge < -0.3 is 10.4 Å². The maximum Gasteiger partial charge on any atom is 0.417 e. The molecule has 8 heteroatoms. The molecule has 0 bridgehead atoms. The Hall–Kier alpha value is -2.09. The van der Waals surface area contributed by atoms with E-state index in [9.17, 15) is 18.0 Å². The number of aliphatic carboxylic acids is 1. The molecule has 0 aliphatic rings. The summed E-state index contributed by atoms with van der Waals surface area (Å²) in [6, 6.07) is 4.23. The second-order valence-electron chi connectivity index (χ2n) is 3.86. The number of carboxylic acid groups (broad SMARTS) is 1. The smallest absolute Gasteiger partial charge is 0.417 e. The van der Waals surface area contributed by atoms with Crippen molar-refractivity contribution >= 4 is 23.1 Å². The van der Waals surface area contributed by atoms with Crippen LogP contribution in [0.2, 0.25) is 0 Å². The minimum atomic E-state index is -4.47. The molecule has 0 saturated heterocycles. The number of aromatic nitrogens is 1. The van der Waals surface area contributed by atoms with Gasteiger partial charge in [0.25, 0.3) is 0 Å². The zero-order valence-corrected chi connectivity index (χ0v) is 10.7. The van der Waals surface area contributed by atoms with Crippen molar-refractivity contribution in [3.8, 4) is 0 Å². The number of hydrogen-bond donors (Lipinski definition) is 2. The second-order valence-corrected chi connectivity index (χ2v) is 4.84. The maximum atomic E-state index is 12.4. The van der Waals surface area contributed by atoms with Crippen LogP contribution in [0.4, 0.5) is 19.0 Å². The average Bonchev–Trinajstić information content (AvgIpc) is 2.88. The SMILES string of the molecule is O=C(O)C(Nc1ccc(C(F)(F)F)cn1)c1cccs1. The van der Waals surface area contributed by atoms with Crippen LogP contribution in [0.3, 0.4) is 0 Å². The van der Waals surface area contributed by atoms with Gasteiger partial charge in [0.15, 0.2) is 6.04 Å². The van der Waals surface area contributed by atoms with Gasteiger partial charge in [-0.25, -0.2) is 9.78 Å². The van der Waals surface area contributed by atoms with Crippen LogP contribution < -0.4 is 5.32 Å². The van der Waals surface area contributed by atoms with E-state index in [0.717, 1.165) is 12.1 Å². The van der Waals surface area contributed by atoms with Gasteiger partial charge in [-0.05, 0) is 23.6 Å². The first-order valence-corrected chi connectivity index (χ1v) is 6.32. The minimum absolute atomic E-state index is 0.0683. The lowest BCUT2D eigenvalue weighted by Gasteiger charge is -2.14. The number of halogens is 3. The minimum Gasteiger partial charge on any atom is -0.479 e. The average molecular weight is 302 g/mol. The summed E-state index contributed by atoms with van der Waals surface area (Å²) >= 11 is 1.23. The molecule has 2 N–H and O–H groups in total. The fourth-order valence-corrected chi connectivity index (χ4v) is 2.27. The third-order valence-electron chi connectivity index (χ3n) is 2.46. The van der Waals surface area contributed by atoms with Gasteiger partial charge in [0.2, 0.25) is 0 Å². The van der Waals surface area contributed by atoms with Crippen molar-refractivity contribution in [2.75, 3.05) is 5.32 Å². The van der Waals surface area contributed by atoms with Gasteiger partial charge in [0.1, 0.15) is 5.82 Å². The first-order valence-electron chi connectivity index (χ1n) is 5.44. The predicted octanol–water partition coefficient (Wildman–Crippen LogP) is 3.40. The Morgan fingerprint density at radius 1 is 1.35 bits per heavy atom. The van der Waals surface area contributed by atoms with Crippen LogP contribution in [0.25, 0.3) is 0 Å². The van der Waals surface area contributed by atoms with E-state index in [1.165, 1.54) is 11.3 Å². The van der Waals surface area contributed by atoms with Gasteiger partial charge in [-0.3, -0.25) is 0 Å². The molecule has 20 heavy (non-hydrogen) atoms. The van der Waals surface area contributed by atoms with Crippen molar-refractivity contribution < 1.29 is 23.1 Å². The van der Waals surface area contributed by atoms with Crippen molar-refractivity contribution in [3.05, 3.63) is 46.3 Å². The number of nitrogens with zero attached hydrogens (tertiary/aromatic N) is 1. The van der Waals surface area contributed by atoms with E-state index in [4.69, 9.17) is 5.11 Å². The fraction of sp³-hybridized carbons (Fsp3) is 0.167. The Morgan fingerprint density at radius 3 is 2.55 bits per heavy atom. The standard InChI is InChI=1S/C12H9F3N2O2S/c13-12(14,15)7-3-4-9(16-6-7)17-10(11(18)19)8-2-1-5-20-8/h1-6,10H,(H,16,17)(H,18,19). The molecule has 0 spiro atoms. The lowest BCUT2D eigenvalue weighted by atomic mass is 10.2. The van der Waals surface area contributed by atoms with Crippen LogP contribution in [0.15, 0.2) is 35.8 Å². The molecule has 0 saturated carbocycles. The van der Waals surface area contributed by atoms with Crippen LogP contribution >= 0.6 is 11.3 Å². The zero-order valence-electron chi connectivity index (χ0n) is 9.89. The number of thiophene rings is 1. The van der Waals surface area contributed by atoms with E-state index in [1.807, 2.05) is 0 Å². The number of carbonyl (C=O) groups is 1. The van der Waals surface area contributed by atoms with E-state index < -0.39 is 23.8 Å². The molecule has 1 unspecified atom stereocenters. The first kappa shape index (κ1) is 14.3. The molecule has 0 radical (unpaired) electrons. The number of anilines is 1. The highest BCUT2D eigenvalue weighted by molar-refractivity contribution is 7.10. The summed E-state index contributed by atoms with van der Waals surface area (Å²) in [5.74, 6) is -1.06. The molecule has 2 heterocycles. The Bertz CT molecular complexity index is 582. The summed E-state index contributed by atoms with van der Waals surface area (Å²) in [4.78, 5) is 15.3. The topological polar surface area (TPSA) is 62.2 Å². The number of carboxylic acids is 1. The van der Waals surface area contributed by atoms with Crippen molar-refractivity contribution in [1.29, 1.82) is 0 Å². The van der Waals surface area contributed by atoms with Gasteiger partial charge >= 0.3 is 12.1 Å². The maximum absolute atomic E-state index is 12.4. The van der Waals surface area contributed by atoms with Crippen molar-refractivity contribution in [2.24, 2.45) is 0 Å². The molecule has 0 fully saturated rings. The van der Waals surface area contributed by atoms with Crippen molar-refractivity contribution in [3.63, 3.8) is 0 Å². The van der Waals surface area contributed by atoms with Crippen LogP contribution in [0, 0.1) is 0 Å². The molecule has 4 nitrogen and oxygen atoms in total. The Labute approximate surface area is 115 Å². The van der Waals surface area contributed by atoms with Crippen LogP contribution in [-0.2, 0) is 11.0 Å². The Morgan fingerprint density at radius 2 is 2.10 bits per heavy atom. The Kier molecular flexibility index (Phi) is 3.93. The summed E-state index contributed by atoms with van der Waals surface area (Å²) in [6.07, 6.45) is -3.80. The largest absolute Gasteiger partial charge is 0.479 e. The van der Waals surface area contributed by atoms with Gasteiger partial charge in [-0.2, -0.15) is 13.2 Å². The summed E-state index contributed by atoms with van der Waals surface area (Å²) in [7, 11) is 0. The van der Waals surface area contributed by atoms with E-state index in [2.05, 4.69) is 10.3 Å². The molecule has 2 aromatic rings. The van der Waals surface area contributed by atoms with E-state index in [1.54, 1.807) is 17.5 Å². The lowest BCUT2D eigenvalue weighted by Crippen LogP contribution is -2.20. The van der Waals surface area contributed by atoms with E-state index >= 15 is 0 Å². The molecular weight excluding hydrogens is 293 g/mol. The third kappa shape index (κ3) is 3.27. The quantitative estimate of drug-likeness (QED) is 0.908. The van der Waals surface area contributed by atoms with Gasteiger partial charge in [-0.1, -0.05) is 6.07 Å². The van der Waals surface area contributed by atoms with Crippen molar-refractivity contribution in [2.45, 2.75) is 12.2 Å². The lowest BCUT2D eigenvalue weighted by molar-refractivity contribution is -0.139. The molecule has 0 amide bonds. The third-order valence-corrected chi connectivity index (χ3v) is 3.39. The fourth-order valence-electron chi connectivity index (χ4n) is 1.50. The summed E-state index contributed by atoms with van der Waals surface area (Å²) in [5, 5.41) is 13.4. The van der Waals surface area contributed by atoms with Gasteiger partial charge in [0, 0.05) is 11.1 Å². The second kappa shape index (κ2) is 5.49. The van der Waals surface area contributed by atoms with Crippen LogP contribution in [-0.4, -0.2) is 16.1 Å². The van der Waals surface area contributed by atoms with Crippen molar-refractivity contribution in [1.82, 2.24) is 4.98 Å². The number of rotatable bonds is 4. The van der Waals surface area contributed by atoms with Crippen LogP contribution in [0.1, 0.15) is 16.5 Å². The highest BCUT2D eigenvalue weighted by Crippen LogP contribution is 2.29. The molecule has 0 aromatic carbocycles. The number of nitrogens with one attached hydrogen (secondary N) is 1. The van der Waals surface area contributed by atoms with E-state index in [-0.39, 0.29) is 5.82 Å². The molecule has 2 aromatic heterocycles. The molecule has 106 valence electrons. The summed E-state index contributed by atoms with van der Waals surface area (Å²) < 4.78 is 37.1. The zero-order chi connectivity index (χ0) is 14.8. The number of pyridine rings is 1. The van der Waals surface area contributed by atoms with Gasteiger partial charge in [0.05, 0.1) is 5.56 Å². The molecule has 1 atom stereocenters. The summed E-state index contributed by atoms with van der Waals surface area (Å²) in [6.45, 7) is 0. The van der Waals surface area contributed by atoms with E-state index in [0.29, 0.717) is 11.1 Å². The molecular formula is C12H9F3N2O2S. The van der Waals surface area contributed by atoms with Crippen LogP contribution in [0.5, 0.6) is 0 Å². The highest BCUT2D eigenvalue weighted by Gasteiger charge is 2.31. The normalized spacial score (nSPS) is 12.9. The molecule has 0 aliphatic heterocycles. The molecule has 2 rings (SSSR count). The highest BCUT2D eigenvalue weighted by atomic mass is 32.1.